The Labute approximate surface area is 152 Å². The first-order valence-corrected chi connectivity index (χ1v) is 8.35. The van der Waals surface area contributed by atoms with Gasteiger partial charge in [-0.05, 0) is 42.7 Å². The molecule has 6 heteroatoms. The van der Waals surface area contributed by atoms with Crippen molar-refractivity contribution < 1.29 is 14.3 Å². The molecular formula is C19H21ClN2O3. The summed E-state index contributed by atoms with van der Waals surface area (Å²) in [4.78, 5) is 23.5. The highest BCUT2D eigenvalue weighted by Crippen LogP contribution is 2.27. The Hall–Kier alpha value is -2.53. The summed E-state index contributed by atoms with van der Waals surface area (Å²) in [7, 11) is 1.55. The van der Waals surface area contributed by atoms with Gasteiger partial charge in [-0.1, -0.05) is 23.7 Å². The van der Waals surface area contributed by atoms with Crippen LogP contribution in [0.2, 0.25) is 5.02 Å². The number of hydrogen-bond donors (Lipinski definition) is 2. The summed E-state index contributed by atoms with van der Waals surface area (Å²) in [5.74, 6) is 0.280. The number of amides is 2. The average Bonchev–Trinajstić information content (AvgIpc) is 2.58. The van der Waals surface area contributed by atoms with Gasteiger partial charge in [0.2, 0.25) is 11.8 Å². The predicted molar refractivity (Wildman–Crippen MR) is 100 cm³/mol. The lowest BCUT2D eigenvalue weighted by atomic mass is 10.1. The van der Waals surface area contributed by atoms with E-state index in [1.54, 1.807) is 25.3 Å². The van der Waals surface area contributed by atoms with Gasteiger partial charge in [-0.15, -0.1) is 0 Å². The summed E-state index contributed by atoms with van der Waals surface area (Å²) in [5.41, 5.74) is 2.20. The molecule has 0 aromatic heterocycles. The number of rotatable bonds is 7. The number of carbonyl (C=O) groups excluding carboxylic acids is 2. The number of ether oxygens (including phenoxy) is 1. The van der Waals surface area contributed by atoms with Crippen molar-refractivity contribution in [1.82, 2.24) is 0 Å². The molecule has 0 aliphatic rings. The monoisotopic (exact) mass is 360 g/mol. The van der Waals surface area contributed by atoms with E-state index >= 15 is 0 Å². The molecule has 0 unspecified atom stereocenters. The molecule has 132 valence electrons. The minimum absolute atomic E-state index is 0.117. The van der Waals surface area contributed by atoms with Crippen LogP contribution in [-0.2, 0) is 16.0 Å². The van der Waals surface area contributed by atoms with Crippen LogP contribution in [-0.4, -0.2) is 18.9 Å². The summed E-state index contributed by atoms with van der Waals surface area (Å²) in [6.45, 7) is 1.42. The average molecular weight is 361 g/mol. The molecule has 0 saturated carbocycles. The topological polar surface area (TPSA) is 67.4 Å². The van der Waals surface area contributed by atoms with Crippen molar-refractivity contribution in [3.05, 3.63) is 53.1 Å². The highest BCUT2D eigenvalue weighted by Gasteiger charge is 2.10. The third-order valence-electron chi connectivity index (χ3n) is 3.59. The van der Waals surface area contributed by atoms with Gasteiger partial charge in [-0.2, -0.15) is 0 Å². The second kappa shape index (κ2) is 9.08. The second-order valence-corrected chi connectivity index (χ2v) is 6.06. The van der Waals surface area contributed by atoms with Gasteiger partial charge in [-0.25, -0.2) is 0 Å². The van der Waals surface area contributed by atoms with Crippen LogP contribution in [0.4, 0.5) is 11.4 Å². The van der Waals surface area contributed by atoms with E-state index in [-0.39, 0.29) is 11.8 Å². The zero-order valence-electron chi connectivity index (χ0n) is 14.3. The van der Waals surface area contributed by atoms with Gasteiger partial charge in [0.1, 0.15) is 5.75 Å². The van der Waals surface area contributed by atoms with Crippen molar-refractivity contribution in [3.63, 3.8) is 0 Å². The summed E-state index contributed by atoms with van der Waals surface area (Å²) in [6.07, 6.45) is 1.88. The molecule has 0 bridgehead atoms. The SMILES string of the molecule is COc1ccc(NC(C)=O)c(NC(=O)CCCc2ccc(Cl)cc2)c1. The zero-order chi connectivity index (χ0) is 18.2. The lowest BCUT2D eigenvalue weighted by Crippen LogP contribution is -2.15. The van der Waals surface area contributed by atoms with E-state index in [0.29, 0.717) is 35.0 Å². The largest absolute Gasteiger partial charge is 0.497 e. The molecule has 0 radical (unpaired) electrons. The predicted octanol–water partition coefficient (Wildman–Crippen LogP) is 4.27. The maximum atomic E-state index is 12.2. The standard InChI is InChI=1S/C19H21ClN2O3/c1-13(23)21-17-11-10-16(25-2)12-18(17)22-19(24)5-3-4-14-6-8-15(20)9-7-14/h6-12H,3-5H2,1-2H3,(H,21,23)(H,22,24). The number of nitrogens with one attached hydrogen (secondary N) is 2. The van der Waals surface area contributed by atoms with Gasteiger partial charge in [-0.3, -0.25) is 9.59 Å². The molecule has 0 saturated heterocycles. The Balaban J connectivity index is 1.94. The zero-order valence-corrected chi connectivity index (χ0v) is 15.0. The lowest BCUT2D eigenvalue weighted by molar-refractivity contribution is -0.116. The maximum absolute atomic E-state index is 12.2. The molecule has 0 aliphatic heterocycles. The fourth-order valence-corrected chi connectivity index (χ4v) is 2.50. The van der Waals surface area contributed by atoms with Crippen LogP contribution < -0.4 is 15.4 Å². The quantitative estimate of drug-likeness (QED) is 0.774. The molecule has 2 aromatic rings. The minimum atomic E-state index is -0.205. The van der Waals surface area contributed by atoms with Crippen molar-refractivity contribution in [2.75, 3.05) is 17.7 Å². The molecule has 5 nitrogen and oxygen atoms in total. The first kappa shape index (κ1) is 18.8. The van der Waals surface area contributed by atoms with Gasteiger partial charge in [0.25, 0.3) is 0 Å². The van der Waals surface area contributed by atoms with E-state index in [4.69, 9.17) is 16.3 Å². The Kier molecular flexibility index (Phi) is 6.83. The van der Waals surface area contributed by atoms with E-state index < -0.39 is 0 Å². The molecule has 2 amide bonds. The maximum Gasteiger partial charge on any atom is 0.224 e. The molecular weight excluding hydrogens is 340 g/mol. The highest BCUT2D eigenvalue weighted by atomic mass is 35.5. The number of aryl methyl sites for hydroxylation is 1. The fraction of sp³-hybridized carbons (Fsp3) is 0.263. The number of carbonyl (C=O) groups is 2. The van der Waals surface area contributed by atoms with Crippen molar-refractivity contribution in [3.8, 4) is 5.75 Å². The summed E-state index contributed by atoms with van der Waals surface area (Å²) in [5, 5.41) is 6.23. The highest BCUT2D eigenvalue weighted by molar-refractivity contribution is 6.30. The molecule has 0 atom stereocenters. The van der Waals surface area contributed by atoms with Crippen molar-refractivity contribution >= 4 is 34.8 Å². The van der Waals surface area contributed by atoms with Crippen LogP contribution in [0.15, 0.2) is 42.5 Å². The number of methoxy groups -OCH3 is 1. The van der Waals surface area contributed by atoms with E-state index in [9.17, 15) is 9.59 Å². The van der Waals surface area contributed by atoms with E-state index in [1.165, 1.54) is 6.92 Å². The molecule has 0 aliphatic carbocycles. The fourth-order valence-electron chi connectivity index (χ4n) is 2.37. The minimum Gasteiger partial charge on any atom is -0.497 e. The van der Waals surface area contributed by atoms with E-state index in [0.717, 1.165) is 12.0 Å². The Morgan fingerprint density at radius 1 is 1.04 bits per heavy atom. The van der Waals surface area contributed by atoms with Gasteiger partial charge in [0.15, 0.2) is 0 Å². The van der Waals surface area contributed by atoms with Crippen molar-refractivity contribution in [2.45, 2.75) is 26.2 Å². The van der Waals surface area contributed by atoms with Crippen LogP contribution in [0.1, 0.15) is 25.3 Å². The summed E-state index contributed by atoms with van der Waals surface area (Å²) >= 11 is 5.86. The van der Waals surface area contributed by atoms with Gasteiger partial charge in [0.05, 0.1) is 18.5 Å². The van der Waals surface area contributed by atoms with Gasteiger partial charge in [0, 0.05) is 24.4 Å². The molecule has 2 rings (SSSR count). The van der Waals surface area contributed by atoms with E-state index in [2.05, 4.69) is 10.6 Å². The molecule has 0 spiro atoms. The van der Waals surface area contributed by atoms with E-state index in [1.807, 2.05) is 24.3 Å². The third kappa shape index (κ3) is 6.12. The van der Waals surface area contributed by atoms with Crippen LogP contribution in [0.25, 0.3) is 0 Å². The first-order chi connectivity index (χ1) is 12.0. The summed E-state index contributed by atoms with van der Waals surface area (Å²) < 4.78 is 5.17. The van der Waals surface area contributed by atoms with Crippen LogP contribution >= 0.6 is 11.6 Å². The first-order valence-electron chi connectivity index (χ1n) is 7.98. The molecule has 0 heterocycles. The number of benzene rings is 2. The van der Waals surface area contributed by atoms with Crippen LogP contribution in [0, 0.1) is 0 Å². The Morgan fingerprint density at radius 2 is 1.76 bits per heavy atom. The van der Waals surface area contributed by atoms with Crippen molar-refractivity contribution in [1.29, 1.82) is 0 Å². The van der Waals surface area contributed by atoms with Crippen LogP contribution in [0.5, 0.6) is 5.75 Å². The molecule has 2 N–H and O–H groups in total. The molecule has 2 aromatic carbocycles. The second-order valence-electron chi connectivity index (χ2n) is 5.62. The lowest BCUT2D eigenvalue weighted by Gasteiger charge is -2.13. The number of hydrogen-bond acceptors (Lipinski definition) is 3. The van der Waals surface area contributed by atoms with Gasteiger partial charge >= 0.3 is 0 Å². The Morgan fingerprint density at radius 3 is 2.40 bits per heavy atom. The van der Waals surface area contributed by atoms with Gasteiger partial charge < -0.3 is 15.4 Å². The van der Waals surface area contributed by atoms with Crippen molar-refractivity contribution in [2.24, 2.45) is 0 Å². The molecule has 25 heavy (non-hydrogen) atoms. The molecule has 0 fully saturated rings. The number of anilines is 2. The van der Waals surface area contributed by atoms with Crippen LogP contribution in [0.3, 0.4) is 0 Å². The number of halogens is 1. The summed E-state index contributed by atoms with van der Waals surface area (Å²) in [6, 6.07) is 12.7. The normalized spacial score (nSPS) is 10.2. The Bertz CT molecular complexity index is 745. The smallest absolute Gasteiger partial charge is 0.224 e. The third-order valence-corrected chi connectivity index (χ3v) is 3.85.